The van der Waals surface area contributed by atoms with Crippen LogP contribution in [-0.2, 0) is 0 Å². The molecule has 0 heterocycles. The van der Waals surface area contributed by atoms with E-state index in [1.54, 1.807) is 37.4 Å². The van der Waals surface area contributed by atoms with E-state index in [-0.39, 0.29) is 11.6 Å². The third kappa shape index (κ3) is 3.63. The maximum atomic E-state index is 13.4. The van der Waals surface area contributed by atoms with E-state index in [0.717, 1.165) is 10.8 Å². The third-order valence-electron chi connectivity index (χ3n) is 3.91. The molecule has 0 radical (unpaired) electrons. The third-order valence-corrected chi connectivity index (χ3v) is 3.91. The van der Waals surface area contributed by atoms with E-state index in [4.69, 9.17) is 5.11 Å². The van der Waals surface area contributed by atoms with Gasteiger partial charge >= 0.3 is 0 Å². The summed E-state index contributed by atoms with van der Waals surface area (Å²) in [6, 6.07) is 21.1. The Hall–Kier alpha value is -3.27. The number of rotatable bonds is 1. The first-order chi connectivity index (χ1) is 12.1. The van der Waals surface area contributed by atoms with Crippen molar-refractivity contribution in [1.29, 1.82) is 0 Å². The first-order valence-corrected chi connectivity index (χ1v) is 7.85. The van der Waals surface area contributed by atoms with Crippen LogP contribution in [-0.4, -0.2) is 17.3 Å². The van der Waals surface area contributed by atoms with Crippen molar-refractivity contribution in [1.82, 2.24) is 0 Å². The molecule has 0 saturated carbocycles. The number of hydrogen-bond donors (Lipinski definition) is 3. The van der Waals surface area contributed by atoms with Crippen molar-refractivity contribution in [3.63, 3.8) is 0 Å². The largest absolute Gasteiger partial charge is 0.508 e. The van der Waals surface area contributed by atoms with Gasteiger partial charge in [-0.15, -0.1) is 0 Å². The molecule has 0 aliphatic rings. The Morgan fingerprint density at radius 1 is 0.720 bits per heavy atom. The molecule has 0 amide bonds. The Labute approximate surface area is 145 Å². The molecule has 0 aromatic heterocycles. The van der Waals surface area contributed by atoms with Crippen LogP contribution >= 0.6 is 0 Å². The summed E-state index contributed by atoms with van der Waals surface area (Å²) < 4.78 is 13.4. The van der Waals surface area contributed by atoms with Crippen LogP contribution in [0.25, 0.3) is 21.5 Å². The normalized spacial score (nSPS) is 10.3. The summed E-state index contributed by atoms with van der Waals surface area (Å²) in [5.41, 5.74) is 0.595. The molecule has 4 heteroatoms. The molecule has 3 N–H and O–H groups in total. The standard InChI is InChI=1S/C11H10FNO.C10H8O/c1-13-10-6-8(14)5-7-3-2-4-9(12)11(7)10;11-10-6-5-8-3-1-2-4-9(8)7-10/h2-6,13-14H,1H3;1-7,11H. The number of phenols is 2. The van der Waals surface area contributed by atoms with Crippen LogP contribution in [0, 0.1) is 5.82 Å². The van der Waals surface area contributed by atoms with Crippen molar-refractivity contribution in [2.45, 2.75) is 0 Å². The second kappa shape index (κ2) is 7.09. The summed E-state index contributed by atoms with van der Waals surface area (Å²) in [5.74, 6) is 0.169. The average molecular weight is 335 g/mol. The lowest BCUT2D eigenvalue weighted by atomic mass is 10.1. The van der Waals surface area contributed by atoms with Gasteiger partial charge in [0.15, 0.2) is 0 Å². The predicted octanol–water partition coefficient (Wildman–Crippen LogP) is 5.27. The summed E-state index contributed by atoms with van der Waals surface area (Å²) in [5, 5.41) is 24.8. The highest BCUT2D eigenvalue weighted by Gasteiger charge is 2.06. The zero-order valence-corrected chi connectivity index (χ0v) is 13.7. The Kier molecular flexibility index (Phi) is 4.70. The quantitative estimate of drug-likeness (QED) is 0.444. The first-order valence-electron chi connectivity index (χ1n) is 7.85. The molecule has 0 saturated heterocycles. The van der Waals surface area contributed by atoms with E-state index in [0.29, 0.717) is 22.2 Å². The van der Waals surface area contributed by atoms with Crippen molar-refractivity contribution in [3.8, 4) is 11.5 Å². The number of hydrogen-bond acceptors (Lipinski definition) is 3. The van der Waals surface area contributed by atoms with E-state index in [1.165, 1.54) is 12.1 Å². The average Bonchev–Trinajstić information content (AvgIpc) is 2.61. The molecule has 25 heavy (non-hydrogen) atoms. The lowest BCUT2D eigenvalue weighted by Crippen LogP contribution is -1.91. The van der Waals surface area contributed by atoms with Crippen LogP contribution in [0.2, 0.25) is 0 Å². The van der Waals surface area contributed by atoms with Gasteiger partial charge in [0.1, 0.15) is 17.3 Å². The number of benzene rings is 4. The van der Waals surface area contributed by atoms with Gasteiger partial charge in [-0.2, -0.15) is 0 Å². The molecule has 0 fully saturated rings. The van der Waals surface area contributed by atoms with Crippen LogP contribution in [0.1, 0.15) is 0 Å². The smallest absolute Gasteiger partial charge is 0.133 e. The molecule has 0 unspecified atom stereocenters. The minimum Gasteiger partial charge on any atom is -0.508 e. The van der Waals surface area contributed by atoms with Crippen LogP contribution in [0.3, 0.4) is 0 Å². The SMILES string of the molecule is CNc1cc(O)cc2cccc(F)c12.Oc1ccc2ccccc2c1. The van der Waals surface area contributed by atoms with Gasteiger partial charge in [0, 0.05) is 24.2 Å². The lowest BCUT2D eigenvalue weighted by molar-refractivity contribution is 0.475. The Bertz CT molecular complexity index is 1030. The van der Waals surface area contributed by atoms with Crippen LogP contribution in [0.4, 0.5) is 10.1 Å². The fourth-order valence-electron chi connectivity index (χ4n) is 2.74. The molecule has 4 rings (SSSR count). The Morgan fingerprint density at radius 2 is 1.40 bits per heavy atom. The zero-order chi connectivity index (χ0) is 17.8. The summed E-state index contributed by atoms with van der Waals surface area (Å²) in [6.07, 6.45) is 0. The van der Waals surface area contributed by atoms with Gasteiger partial charge in [-0.05, 0) is 40.4 Å². The van der Waals surface area contributed by atoms with E-state index in [9.17, 15) is 9.50 Å². The monoisotopic (exact) mass is 335 g/mol. The minimum atomic E-state index is -0.285. The molecule has 0 bridgehead atoms. The molecule has 0 atom stereocenters. The number of nitrogens with one attached hydrogen (secondary N) is 1. The molecule has 0 spiro atoms. The van der Waals surface area contributed by atoms with Gasteiger partial charge in [0.25, 0.3) is 0 Å². The maximum Gasteiger partial charge on any atom is 0.133 e. The Balaban J connectivity index is 0.000000150. The molecular formula is C21H18FNO2. The molecular weight excluding hydrogens is 317 g/mol. The van der Waals surface area contributed by atoms with E-state index < -0.39 is 0 Å². The molecule has 0 aliphatic heterocycles. The van der Waals surface area contributed by atoms with Gasteiger partial charge in [-0.3, -0.25) is 0 Å². The first kappa shape index (κ1) is 16.6. The molecule has 4 aromatic carbocycles. The van der Waals surface area contributed by atoms with Crippen LogP contribution in [0.15, 0.2) is 72.8 Å². The van der Waals surface area contributed by atoms with Crippen LogP contribution in [0.5, 0.6) is 11.5 Å². The van der Waals surface area contributed by atoms with Gasteiger partial charge in [-0.1, -0.05) is 42.5 Å². The number of phenolic OH excluding ortho intramolecular Hbond substituents is 2. The Morgan fingerprint density at radius 3 is 2.16 bits per heavy atom. The highest BCUT2D eigenvalue weighted by molar-refractivity contribution is 5.95. The van der Waals surface area contributed by atoms with Crippen molar-refractivity contribution < 1.29 is 14.6 Å². The number of anilines is 1. The lowest BCUT2D eigenvalue weighted by Gasteiger charge is -2.07. The van der Waals surface area contributed by atoms with E-state index >= 15 is 0 Å². The summed E-state index contributed by atoms with van der Waals surface area (Å²) >= 11 is 0. The zero-order valence-electron chi connectivity index (χ0n) is 13.7. The van der Waals surface area contributed by atoms with E-state index in [1.807, 2.05) is 30.3 Å². The van der Waals surface area contributed by atoms with E-state index in [2.05, 4.69) is 5.32 Å². The predicted molar refractivity (Wildman–Crippen MR) is 101 cm³/mol. The highest BCUT2D eigenvalue weighted by atomic mass is 19.1. The second-order valence-electron chi connectivity index (χ2n) is 5.61. The van der Waals surface area contributed by atoms with Crippen molar-refractivity contribution in [2.75, 3.05) is 12.4 Å². The van der Waals surface area contributed by atoms with Crippen molar-refractivity contribution >= 4 is 27.2 Å². The highest BCUT2D eigenvalue weighted by Crippen LogP contribution is 2.30. The second-order valence-corrected chi connectivity index (χ2v) is 5.61. The molecule has 4 aromatic rings. The minimum absolute atomic E-state index is 0.132. The number of halogens is 1. The number of aromatic hydroxyl groups is 2. The number of fused-ring (bicyclic) bond motifs is 2. The topological polar surface area (TPSA) is 52.5 Å². The van der Waals surface area contributed by atoms with Gasteiger partial charge in [0.05, 0.1) is 0 Å². The fraction of sp³-hybridized carbons (Fsp3) is 0.0476. The van der Waals surface area contributed by atoms with Gasteiger partial charge in [-0.25, -0.2) is 4.39 Å². The summed E-state index contributed by atoms with van der Waals surface area (Å²) in [6.45, 7) is 0. The van der Waals surface area contributed by atoms with Crippen LogP contribution < -0.4 is 5.32 Å². The molecule has 3 nitrogen and oxygen atoms in total. The van der Waals surface area contributed by atoms with Crippen molar-refractivity contribution in [2.24, 2.45) is 0 Å². The van der Waals surface area contributed by atoms with Crippen molar-refractivity contribution in [3.05, 3.63) is 78.6 Å². The molecule has 126 valence electrons. The maximum absolute atomic E-state index is 13.4. The van der Waals surface area contributed by atoms with Gasteiger partial charge in [0.2, 0.25) is 0 Å². The summed E-state index contributed by atoms with van der Waals surface area (Å²) in [4.78, 5) is 0. The fourth-order valence-corrected chi connectivity index (χ4v) is 2.74. The molecule has 0 aliphatic carbocycles. The summed E-state index contributed by atoms with van der Waals surface area (Å²) in [7, 11) is 1.70. The van der Waals surface area contributed by atoms with Gasteiger partial charge < -0.3 is 15.5 Å².